The van der Waals surface area contributed by atoms with Gasteiger partial charge in [-0.25, -0.2) is 5.10 Å². The van der Waals surface area contributed by atoms with Crippen LogP contribution in [0, 0.1) is 0 Å². The van der Waals surface area contributed by atoms with E-state index in [1.165, 1.54) is 11.8 Å². The molecule has 3 heterocycles. The number of nitrogens with one attached hydrogen (secondary N) is 1. The summed E-state index contributed by atoms with van der Waals surface area (Å²) in [5.41, 5.74) is 6.38. The predicted molar refractivity (Wildman–Crippen MR) is 99.5 cm³/mol. The molecule has 0 atom stereocenters. The Morgan fingerprint density at radius 1 is 1.19 bits per heavy atom. The fraction of sp³-hybridized carbons (Fsp3) is 0.333. The van der Waals surface area contributed by atoms with E-state index in [0.717, 1.165) is 5.69 Å². The van der Waals surface area contributed by atoms with Gasteiger partial charge in [-0.05, 0) is 22.6 Å². The number of tetrazole rings is 1. The van der Waals surface area contributed by atoms with E-state index in [1.54, 1.807) is 4.68 Å². The van der Waals surface area contributed by atoms with Gasteiger partial charge in [-0.1, -0.05) is 35.1 Å². The highest BCUT2D eigenvalue weighted by Crippen LogP contribution is 2.18. The number of rotatable bonds is 5. The number of benzene rings is 1. The third-order valence-electron chi connectivity index (χ3n) is 4.18. The number of nitrogen functional groups attached to an aromatic ring is 1. The highest BCUT2D eigenvalue weighted by Gasteiger charge is 2.25. The van der Waals surface area contributed by atoms with Gasteiger partial charge >= 0.3 is 0 Å². The third kappa shape index (κ3) is 3.84. The van der Waals surface area contributed by atoms with E-state index >= 15 is 0 Å². The number of hydrogen-bond acceptors (Lipinski definition) is 9. The Hall–Kier alpha value is -3.15. The Balaban J connectivity index is 1.34. The van der Waals surface area contributed by atoms with E-state index in [4.69, 9.17) is 5.73 Å². The topological polar surface area (TPSA) is 135 Å². The van der Waals surface area contributed by atoms with Gasteiger partial charge in [0, 0.05) is 26.2 Å². The van der Waals surface area contributed by atoms with Gasteiger partial charge in [0.05, 0.1) is 11.4 Å². The Kier molecular flexibility index (Phi) is 4.87. The number of anilines is 2. The van der Waals surface area contributed by atoms with E-state index in [0.29, 0.717) is 37.3 Å². The fourth-order valence-corrected chi connectivity index (χ4v) is 3.52. The SMILES string of the molecule is Nc1nc(SCC(=O)N2CCN(c3nnnn3-c3ccccc3)CC2)n[nH]1. The summed E-state index contributed by atoms with van der Waals surface area (Å²) in [7, 11) is 0. The van der Waals surface area contributed by atoms with Crippen molar-refractivity contribution in [1.29, 1.82) is 0 Å². The summed E-state index contributed by atoms with van der Waals surface area (Å²) >= 11 is 1.27. The second kappa shape index (κ2) is 7.61. The molecule has 1 aliphatic heterocycles. The van der Waals surface area contributed by atoms with Crippen molar-refractivity contribution < 1.29 is 4.79 Å². The maximum Gasteiger partial charge on any atom is 0.250 e. The molecule has 0 unspecified atom stereocenters. The zero-order valence-electron chi connectivity index (χ0n) is 14.4. The molecule has 3 N–H and O–H groups in total. The van der Waals surface area contributed by atoms with Crippen molar-refractivity contribution in [2.75, 3.05) is 42.6 Å². The Labute approximate surface area is 158 Å². The molecule has 3 aromatic rings. The largest absolute Gasteiger partial charge is 0.368 e. The number of hydrogen-bond donors (Lipinski definition) is 2. The van der Waals surface area contributed by atoms with Crippen LogP contribution in [0.4, 0.5) is 11.9 Å². The summed E-state index contributed by atoms with van der Waals surface area (Å²) in [6.07, 6.45) is 0. The van der Waals surface area contributed by atoms with E-state index in [-0.39, 0.29) is 17.6 Å². The quantitative estimate of drug-likeness (QED) is 0.572. The van der Waals surface area contributed by atoms with Crippen LogP contribution in [-0.2, 0) is 4.79 Å². The summed E-state index contributed by atoms with van der Waals surface area (Å²) in [5.74, 6) is 1.25. The van der Waals surface area contributed by atoms with Crippen LogP contribution in [0.15, 0.2) is 35.5 Å². The molecule has 12 heteroatoms. The number of amides is 1. The van der Waals surface area contributed by atoms with Crippen LogP contribution in [0.3, 0.4) is 0 Å². The molecule has 11 nitrogen and oxygen atoms in total. The lowest BCUT2D eigenvalue weighted by atomic mass is 10.3. The molecular weight excluding hydrogens is 368 g/mol. The summed E-state index contributed by atoms with van der Waals surface area (Å²) in [5, 5.41) is 19.0. The van der Waals surface area contributed by atoms with Gasteiger partial charge in [0.25, 0.3) is 0 Å². The number of carbonyl (C=O) groups is 1. The van der Waals surface area contributed by atoms with E-state index in [1.807, 2.05) is 35.2 Å². The zero-order valence-corrected chi connectivity index (χ0v) is 15.2. The van der Waals surface area contributed by atoms with Crippen molar-refractivity contribution in [3.63, 3.8) is 0 Å². The van der Waals surface area contributed by atoms with Crippen molar-refractivity contribution >= 4 is 29.6 Å². The van der Waals surface area contributed by atoms with Gasteiger partial charge in [0.2, 0.25) is 23.0 Å². The third-order valence-corrected chi connectivity index (χ3v) is 5.01. The van der Waals surface area contributed by atoms with Crippen LogP contribution >= 0.6 is 11.8 Å². The lowest BCUT2D eigenvalue weighted by Crippen LogP contribution is -2.50. The van der Waals surface area contributed by atoms with E-state index in [9.17, 15) is 4.79 Å². The number of carbonyl (C=O) groups excluding carboxylic acids is 1. The average Bonchev–Trinajstić information content (AvgIpc) is 3.36. The number of nitrogens with two attached hydrogens (primary N) is 1. The molecule has 0 radical (unpaired) electrons. The molecule has 1 saturated heterocycles. The summed E-state index contributed by atoms with van der Waals surface area (Å²) in [4.78, 5) is 20.3. The molecule has 0 aliphatic carbocycles. The zero-order chi connectivity index (χ0) is 18.6. The molecule has 1 aromatic carbocycles. The monoisotopic (exact) mass is 386 g/mol. The number of piperazine rings is 1. The highest BCUT2D eigenvalue weighted by molar-refractivity contribution is 7.99. The molecule has 4 rings (SSSR count). The molecule has 0 spiro atoms. The van der Waals surface area contributed by atoms with Crippen LogP contribution in [0.2, 0.25) is 0 Å². The molecular formula is C15H18N10OS. The van der Waals surface area contributed by atoms with Crippen LogP contribution < -0.4 is 10.6 Å². The number of aromatic nitrogens is 7. The van der Waals surface area contributed by atoms with Gasteiger partial charge in [0.15, 0.2) is 0 Å². The Morgan fingerprint density at radius 2 is 1.96 bits per heavy atom. The number of aromatic amines is 1. The maximum absolute atomic E-state index is 12.4. The Morgan fingerprint density at radius 3 is 2.67 bits per heavy atom. The smallest absolute Gasteiger partial charge is 0.250 e. The second-order valence-corrected chi connectivity index (χ2v) is 6.83. The summed E-state index contributed by atoms with van der Waals surface area (Å²) in [6, 6.07) is 9.73. The van der Waals surface area contributed by atoms with Gasteiger partial charge in [-0.3, -0.25) is 4.79 Å². The first kappa shape index (κ1) is 17.3. The molecule has 0 bridgehead atoms. The molecule has 27 heavy (non-hydrogen) atoms. The highest BCUT2D eigenvalue weighted by atomic mass is 32.2. The van der Waals surface area contributed by atoms with Crippen molar-refractivity contribution in [3.05, 3.63) is 30.3 Å². The van der Waals surface area contributed by atoms with E-state index < -0.39 is 0 Å². The van der Waals surface area contributed by atoms with Crippen molar-refractivity contribution in [2.45, 2.75) is 5.16 Å². The lowest BCUT2D eigenvalue weighted by Gasteiger charge is -2.34. The molecule has 0 saturated carbocycles. The first-order valence-corrected chi connectivity index (χ1v) is 9.36. The van der Waals surface area contributed by atoms with Crippen molar-refractivity contribution in [3.8, 4) is 5.69 Å². The number of nitrogens with zero attached hydrogens (tertiary/aromatic N) is 8. The average molecular weight is 386 g/mol. The van der Waals surface area contributed by atoms with Gasteiger partial charge < -0.3 is 15.5 Å². The summed E-state index contributed by atoms with van der Waals surface area (Å²) < 4.78 is 1.71. The minimum atomic E-state index is 0.0469. The first-order chi connectivity index (χ1) is 13.2. The standard InChI is InChI=1S/C15H18N10OS/c16-13-17-14(19-18-13)27-10-12(26)23-6-8-24(9-7-23)15-20-21-22-25(15)11-4-2-1-3-5-11/h1-5H,6-10H2,(H3,16,17,18,19). The normalized spacial score (nSPS) is 14.5. The molecule has 1 amide bonds. The fourth-order valence-electron chi connectivity index (χ4n) is 2.81. The van der Waals surface area contributed by atoms with Crippen molar-refractivity contribution in [2.24, 2.45) is 0 Å². The van der Waals surface area contributed by atoms with Crippen LogP contribution in [0.5, 0.6) is 0 Å². The number of para-hydroxylation sites is 1. The minimum absolute atomic E-state index is 0.0469. The van der Waals surface area contributed by atoms with Crippen molar-refractivity contribution in [1.82, 2.24) is 40.3 Å². The Bertz CT molecular complexity index is 902. The predicted octanol–water partition coefficient (Wildman–Crippen LogP) is -0.196. The van der Waals surface area contributed by atoms with Crippen LogP contribution in [-0.4, -0.2) is 78.1 Å². The second-order valence-electron chi connectivity index (χ2n) is 5.89. The minimum Gasteiger partial charge on any atom is -0.368 e. The van der Waals surface area contributed by atoms with E-state index in [2.05, 4.69) is 35.6 Å². The molecule has 140 valence electrons. The van der Waals surface area contributed by atoms with Crippen LogP contribution in [0.1, 0.15) is 0 Å². The number of thioether (sulfide) groups is 1. The van der Waals surface area contributed by atoms with Gasteiger partial charge in [-0.2, -0.15) is 9.67 Å². The first-order valence-electron chi connectivity index (χ1n) is 8.38. The lowest BCUT2D eigenvalue weighted by molar-refractivity contribution is -0.128. The number of H-pyrrole nitrogens is 1. The molecule has 2 aromatic heterocycles. The van der Waals surface area contributed by atoms with Crippen LogP contribution in [0.25, 0.3) is 5.69 Å². The maximum atomic E-state index is 12.4. The van der Waals surface area contributed by atoms with Gasteiger partial charge in [0.1, 0.15) is 0 Å². The summed E-state index contributed by atoms with van der Waals surface area (Å²) in [6.45, 7) is 2.54. The van der Waals surface area contributed by atoms with Gasteiger partial charge in [-0.15, -0.1) is 5.10 Å². The molecule has 1 fully saturated rings. The molecule has 1 aliphatic rings.